The molecule has 0 bridgehead atoms. The Bertz CT molecular complexity index is 435. The SMILES string of the molecule is O=C(c1cc(Br)c[nH]1)N(CC1CCCN1)C1CC1. The van der Waals surface area contributed by atoms with E-state index in [2.05, 4.69) is 26.2 Å². The van der Waals surface area contributed by atoms with Crippen molar-refractivity contribution in [2.75, 3.05) is 13.1 Å². The van der Waals surface area contributed by atoms with Gasteiger partial charge in [0.25, 0.3) is 5.91 Å². The van der Waals surface area contributed by atoms with Gasteiger partial charge < -0.3 is 15.2 Å². The molecule has 4 nitrogen and oxygen atoms in total. The lowest BCUT2D eigenvalue weighted by Crippen LogP contribution is -2.42. The minimum absolute atomic E-state index is 0.136. The Morgan fingerprint density at radius 2 is 2.28 bits per heavy atom. The number of nitrogens with one attached hydrogen (secondary N) is 2. The summed E-state index contributed by atoms with van der Waals surface area (Å²) in [5, 5.41) is 3.47. The fourth-order valence-corrected chi connectivity index (χ4v) is 2.92. The van der Waals surface area contributed by atoms with Gasteiger partial charge in [0.2, 0.25) is 0 Å². The van der Waals surface area contributed by atoms with Crippen molar-refractivity contribution in [2.24, 2.45) is 0 Å². The third kappa shape index (κ3) is 2.62. The number of aromatic amines is 1. The van der Waals surface area contributed by atoms with E-state index in [4.69, 9.17) is 0 Å². The molecule has 1 atom stereocenters. The summed E-state index contributed by atoms with van der Waals surface area (Å²) in [5.74, 6) is 0.136. The van der Waals surface area contributed by atoms with E-state index in [9.17, 15) is 4.79 Å². The quantitative estimate of drug-likeness (QED) is 0.895. The van der Waals surface area contributed by atoms with Crippen LogP contribution in [0.4, 0.5) is 0 Å². The van der Waals surface area contributed by atoms with Gasteiger partial charge in [0, 0.05) is 29.3 Å². The predicted octanol–water partition coefficient (Wildman–Crippen LogP) is 2.13. The summed E-state index contributed by atoms with van der Waals surface area (Å²) in [5.41, 5.74) is 0.687. The highest BCUT2D eigenvalue weighted by Gasteiger charge is 2.35. The minimum atomic E-state index is 0.136. The van der Waals surface area contributed by atoms with Gasteiger partial charge in [0.15, 0.2) is 0 Å². The summed E-state index contributed by atoms with van der Waals surface area (Å²) in [4.78, 5) is 17.6. The standard InChI is InChI=1S/C13H18BrN3O/c14-9-6-12(16-7-9)13(18)17(11-3-4-11)8-10-2-1-5-15-10/h6-7,10-11,15-16H,1-5,8H2. The average molecular weight is 312 g/mol. The lowest BCUT2D eigenvalue weighted by molar-refractivity contribution is 0.0723. The molecule has 1 aromatic heterocycles. The third-order valence-electron chi connectivity index (χ3n) is 3.71. The van der Waals surface area contributed by atoms with Gasteiger partial charge in [-0.2, -0.15) is 0 Å². The first-order chi connectivity index (χ1) is 8.74. The summed E-state index contributed by atoms with van der Waals surface area (Å²) in [7, 11) is 0. The molecule has 1 saturated heterocycles. The molecular formula is C13H18BrN3O. The molecule has 5 heteroatoms. The molecular weight excluding hydrogens is 294 g/mol. The van der Waals surface area contributed by atoms with E-state index in [1.165, 1.54) is 12.8 Å². The molecule has 2 N–H and O–H groups in total. The summed E-state index contributed by atoms with van der Waals surface area (Å²) >= 11 is 3.38. The zero-order valence-electron chi connectivity index (χ0n) is 10.3. The number of carbonyl (C=O) groups excluding carboxylic acids is 1. The van der Waals surface area contributed by atoms with Crippen LogP contribution in [-0.4, -0.2) is 41.0 Å². The van der Waals surface area contributed by atoms with Gasteiger partial charge in [0.1, 0.15) is 5.69 Å². The van der Waals surface area contributed by atoms with Crippen LogP contribution in [0.3, 0.4) is 0 Å². The van der Waals surface area contributed by atoms with Crippen molar-refractivity contribution >= 4 is 21.8 Å². The van der Waals surface area contributed by atoms with E-state index in [-0.39, 0.29) is 5.91 Å². The number of nitrogens with zero attached hydrogens (tertiary/aromatic N) is 1. The van der Waals surface area contributed by atoms with Crippen LogP contribution in [-0.2, 0) is 0 Å². The van der Waals surface area contributed by atoms with Crippen molar-refractivity contribution in [2.45, 2.75) is 37.8 Å². The summed E-state index contributed by atoms with van der Waals surface area (Å²) in [6.45, 7) is 1.94. The van der Waals surface area contributed by atoms with Gasteiger partial charge in [0.05, 0.1) is 0 Å². The summed E-state index contributed by atoms with van der Waals surface area (Å²) < 4.78 is 0.931. The Morgan fingerprint density at radius 1 is 1.44 bits per heavy atom. The highest BCUT2D eigenvalue weighted by molar-refractivity contribution is 9.10. The number of H-pyrrole nitrogens is 1. The van der Waals surface area contributed by atoms with E-state index in [0.29, 0.717) is 17.8 Å². The number of amides is 1. The van der Waals surface area contributed by atoms with E-state index in [1.54, 1.807) is 0 Å². The molecule has 2 aliphatic rings. The van der Waals surface area contributed by atoms with Gasteiger partial charge in [-0.05, 0) is 54.2 Å². The van der Waals surface area contributed by atoms with Crippen LogP contribution >= 0.6 is 15.9 Å². The molecule has 98 valence electrons. The first kappa shape index (κ1) is 12.2. The van der Waals surface area contributed by atoms with Crippen LogP contribution in [0.5, 0.6) is 0 Å². The van der Waals surface area contributed by atoms with Gasteiger partial charge >= 0.3 is 0 Å². The highest BCUT2D eigenvalue weighted by atomic mass is 79.9. The fraction of sp³-hybridized carbons (Fsp3) is 0.615. The number of rotatable bonds is 4. The molecule has 2 heterocycles. The highest BCUT2D eigenvalue weighted by Crippen LogP contribution is 2.29. The molecule has 2 fully saturated rings. The van der Waals surface area contributed by atoms with E-state index >= 15 is 0 Å². The maximum atomic E-state index is 12.5. The average Bonchev–Trinajstić information content (AvgIpc) is 2.88. The molecule has 1 unspecified atom stereocenters. The van der Waals surface area contributed by atoms with E-state index in [0.717, 1.165) is 30.4 Å². The summed E-state index contributed by atoms with van der Waals surface area (Å²) in [6, 6.07) is 2.80. The van der Waals surface area contributed by atoms with Gasteiger partial charge in [-0.15, -0.1) is 0 Å². The molecule has 1 saturated carbocycles. The monoisotopic (exact) mass is 311 g/mol. The number of aromatic nitrogens is 1. The van der Waals surface area contributed by atoms with Crippen molar-refractivity contribution in [3.8, 4) is 0 Å². The number of hydrogen-bond donors (Lipinski definition) is 2. The van der Waals surface area contributed by atoms with Crippen molar-refractivity contribution in [1.29, 1.82) is 0 Å². The predicted molar refractivity (Wildman–Crippen MR) is 73.6 cm³/mol. The Labute approximate surface area is 115 Å². The molecule has 0 spiro atoms. The van der Waals surface area contributed by atoms with Gasteiger partial charge in [-0.25, -0.2) is 0 Å². The van der Waals surface area contributed by atoms with Gasteiger partial charge in [-0.3, -0.25) is 4.79 Å². The molecule has 3 rings (SSSR count). The molecule has 0 radical (unpaired) electrons. The van der Waals surface area contributed by atoms with Crippen molar-refractivity contribution < 1.29 is 4.79 Å². The van der Waals surface area contributed by atoms with E-state index < -0.39 is 0 Å². The van der Waals surface area contributed by atoms with Crippen LogP contribution in [0.15, 0.2) is 16.7 Å². The number of carbonyl (C=O) groups is 1. The normalized spacial score (nSPS) is 23.3. The van der Waals surface area contributed by atoms with Crippen LogP contribution in [0.1, 0.15) is 36.2 Å². The maximum absolute atomic E-state index is 12.5. The largest absolute Gasteiger partial charge is 0.356 e. The first-order valence-electron chi connectivity index (χ1n) is 6.62. The molecule has 0 aromatic carbocycles. The zero-order chi connectivity index (χ0) is 12.5. The smallest absolute Gasteiger partial charge is 0.270 e. The van der Waals surface area contributed by atoms with Crippen molar-refractivity contribution in [1.82, 2.24) is 15.2 Å². The lowest BCUT2D eigenvalue weighted by atomic mass is 10.2. The Hall–Kier alpha value is -0.810. The molecule has 1 aromatic rings. The van der Waals surface area contributed by atoms with Crippen LogP contribution < -0.4 is 5.32 Å². The van der Waals surface area contributed by atoms with Gasteiger partial charge in [-0.1, -0.05) is 0 Å². The lowest BCUT2D eigenvalue weighted by Gasteiger charge is -2.25. The Morgan fingerprint density at radius 3 is 2.83 bits per heavy atom. The summed E-state index contributed by atoms with van der Waals surface area (Å²) in [6.07, 6.45) is 6.53. The second-order valence-electron chi connectivity index (χ2n) is 5.21. The molecule has 1 aliphatic heterocycles. The number of hydrogen-bond acceptors (Lipinski definition) is 2. The zero-order valence-corrected chi connectivity index (χ0v) is 11.9. The van der Waals surface area contributed by atoms with Crippen LogP contribution in [0.25, 0.3) is 0 Å². The van der Waals surface area contributed by atoms with Crippen molar-refractivity contribution in [3.05, 3.63) is 22.4 Å². The van der Waals surface area contributed by atoms with E-state index in [1.807, 2.05) is 17.2 Å². The minimum Gasteiger partial charge on any atom is -0.356 e. The molecule has 1 aliphatic carbocycles. The number of halogens is 1. The molecule has 1 amide bonds. The third-order valence-corrected chi connectivity index (χ3v) is 4.16. The van der Waals surface area contributed by atoms with Crippen molar-refractivity contribution in [3.63, 3.8) is 0 Å². The van der Waals surface area contributed by atoms with Crippen LogP contribution in [0.2, 0.25) is 0 Å². The topological polar surface area (TPSA) is 48.1 Å². The second kappa shape index (κ2) is 5.05. The van der Waals surface area contributed by atoms with Crippen LogP contribution in [0, 0.1) is 0 Å². The molecule has 18 heavy (non-hydrogen) atoms. The Balaban J connectivity index is 1.70. The fourth-order valence-electron chi connectivity index (χ4n) is 2.58. The maximum Gasteiger partial charge on any atom is 0.270 e. The first-order valence-corrected chi connectivity index (χ1v) is 7.41. The second-order valence-corrected chi connectivity index (χ2v) is 6.13. The Kier molecular flexibility index (Phi) is 3.43.